The van der Waals surface area contributed by atoms with Crippen molar-refractivity contribution in [3.05, 3.63) is 52.7 Å². The molecule has 2 aromatic rings. The van der Waals surface area contributed by atoms with Gasteiger partial charge in [-0.3, -0.25) is 0 Å². The summed E-state index contributed by atoms with van der Waals surface area (Å²) in [5.41, 5.74) is -0.868. The Balaban J connectivity index is 2.28. The maximum atomic E-state index is 12.5. The second-order valence-electron chi connectivity index (χ2n) is 4.03. The number of aromatic nitrogens is 1. The van der Waals surface area contributed by atoms with E-state index in [1.807, 2.05) is 0 Å². The molecule has 0 aliphatic carbocycles. The number of carbonyl (C=O) groups is 1. The highest BCUT2D eigenvalue weighted by Gasteiger charge is 2.30. The van der Waals surface area contributed by atoms with Crippen LogP contribution in [0.4, 0.5) is 24.7 Å². The Labute approximate surface area is 122 Å². The standard InChI is InChI=1S/C13H8ClF3N2O2/c14-8-6-7(13(15,16)17)4-5-9(8)18-11-3-1-2-10(19-11)12(20)21/h1-6H,(H,18,19)(H,20,21). The third-order valence-electron chi connectivity index (χ3n) is 2.53. The Morgan fingerprint density at radius 2 is 1.95 bits per heavy atom. The third kappa shape index (κ3) is 3.63. The molecule has 0 aliphatic rings. The van der Waals surface area contributed by atoms with Crippen LogP contribution in [0.25, 0.3) is 0 Å². The smallest absolute Gasteiger partial charge is 0.416 e. The second-order valence-corrected chi connectivity index (χ2v) is 4.44. The van der Waals surface area contributed by atoms with Gasteiger partial charge in [0, 0.05) is 0 Å². The lowest BCUT2D eigenvalue weighted by Crippen LogP contribution is -2.06. The quantitative estimate of drug-likeness (QED) is 0.891. The van der Waals surface area contributed by atoms with Gasteiger partial charge in [0.2, 0.25) is 0 Å². The molecule has 21 heavy (non-hydrogen) atoms. The van der Waals surface area contributed by atoms with E-state index in [2.05, 4.69) is 10.3 Å². The normalized spacial score (nSPS) is 11.2. The zero-order valence-corrected chi connectivity index (χ0v) is 11.0. The van der Waals surface area contributed by atoms with Crippen LogP contribution in [0.2, 0.25) is 5.02 Å². The van der Waals surface area contributed by atoms with Gasteiger partial charge in [-0.15, -0.1) is 0 Å². The van der Waals surface area contributed by atoms with Gasteiger partial charge >= 0.3 is 12.1 Å². The molecule has 0 amide bonds. The van der Waals surface area contributed by atoms with Gasteiger partial charge in [0.05, 0.1) is 16.3 Å². The molecule has 2 N–H and O–H groups in total. The van der Waals surface area contributed by atoms with Crippen LogP contribution in [0.5, 0.6) is 0 Å². The summed E-state index contributed by atoms with van der Waals surface area (Å²) in [4.78, 5) is 14.6. The molecule has 1 aromatic carbocycles. The van der Waals surface area contributed by atoms with Gasteiger partial charge in [0.25, 0.3) is 0 Å². The van der Waals surface area contributed by atoms with Crippen LogP contribution in [-0.2, 0) is 6.18 Å². The lowest BCUT2D eigenvalue weighted by molar-refractivity contribution is -0.137. The van der Waals surface area contributed by atoms with Crippen LogP contribution in [0.3, 0.4) is 0 Å². The van der Waals surface area contributed by atoms with Crippen LogP contribution in [0.15, 0.2) is 36.4 Å². The van der Waals surface area contributed by atoms with Crippen molar-refractivity contribution in [2.24, 2.45) is 0 Å². The summed E-state index contributed by atoms with van der Waals surface area (Å²) in [5, 5.41) is 11.3. The topological polar surface area (TPSA) is 62.2 Å². The Morgan fingerprint density at radius 3 is 2.52 bits per heavy atom. The zero-order chi connectivity index (χ0) is 15.6. The lowest BCUT2D eigenvalue weighted by Gasteiger charge is -2.11. The number of nitrogens with zero attached hydrogens (tertiary/aromatic N) is 1. The number of pyridine rings is 1. The average Bonchev–Trinajstić information content (AvgIpc) is 2.40. The predicted octanol–water partition coefficient (Wildman–Crippen LogP) is 4.20. The highest BCUT2D eigenvalue weighted by Crippen LogP contribution is 2.34. The van der Waals surface area contributed by atoms with E-state index in [-0.39, 0.29) is 22.2 Å². The van der Waals surface area contributed by atoms with Crippen LogP contribution >= 0.6 is 11.6 Å². The Kier molecular flexibility index (Phi) is 4.04. The Hall–Kier alpha value is -2.28. The summed E-state index contributed by atoms with van der Waals surface area (Å²) in [6.07, 6.45) is -4.48. The van der Waals surface area contributed by atoms with Crippen molar-refractivity contribution in [3.8, 4) is 0 Å². The minimum absolute atomic E-state index is 0.146. The van der Waals surface area contributed by atoms with Crippen LogP contribution < -0.4 is 5.32 Å². The summed E-state index contributed by atoms with van der Waals surface area (Å²) >= 11 is 5.78. The number of aromatic carboxylic acids is 1. The molecule has 1 heterocycles. The van der Waals surface area contributed by atoms with Gasteiger partial charge in [-0.1, -0.05) is 17.7 Å². The number of carboxylic acids is 1. The molecule has 1 aromatic heterocycles. The number of benzene rings is 1. The number of carboxylic acid groups (broad SMARTS) is 1. The maximum absolute atomic E-state index is 12.5. The molecule has 0 saturated carbocycles. The number of alkyl halides is 3. The average molecular weight is 317 g/mol. The molecule has 0 atom stereocenters. The highest BCUT2D eigenvalue weighted by atomic mass is 35.5. The van der Waals surface area contributed by atoms with Crippen molar-refractivity contribution in [2.75, 3.05) is 5.32 Å². The monoisotopic (exact) mass is 316 g/mol. The SMILES string of the molecule is O=C(O)c1cccc(Nc2ccc(C(F)(F)F)cc2Cl)n1. The number of anilines is 2. The zero-order valence-electron chi connectivity index (χ0n) is 10.3. The van der Waals surface area contributed by atoms with Crippen molar-refractivity contribution in [3.63, 3.8) is 0 Å². The van der Waals surface area contributed by atoms with E-state index in [0.29, 0.717) is 0 Å². The van der Waals surface area contributed by atoms with Gasteiger partial charge in [0.15, 0.2) is 5.69 Å². The molecule has 2 rings (SSSR count). The molecule has 0 bridgehead atoms. The minimum atomic E-state index is -4.48. The number of hydrogen-bond acceptors (Lipinski definition) is 3. The largest absolute Gasteiger partial charge is 0.477 e. The first kappa shape index (κ1) is 15.1. The Morgan fingerprint density at radius 1 is 1.24 bits per heavy atom. The van der Waals surface area contributed by atoms with E-state index in [4.69, 9.17) is 16.7 Å². The van der Waals surface area contributed by atoms with Crippen LogP contribution in [0, 0.1) is 0 Å². The van der Waals surface area contributed by atoms with Crippen molar-refractivity contribution >= 4 is 29.1 Å². The molecule has 0 aliphatic heterocycles. The summed E-state index contributed by atoms with van der Waals surface area (Å²) in [5.74, 6) is -1.05. The van der Waals surface area contributed by atoms with E-state index in [9.17, 15) is 18.0 Å². The maximum Gasteiger partial charge on any atom is 0.416 e. The molecule has 0 fully saturated rings. The fourth-order valence-electron chi connectivity index (χ4n) is 1.55. The van der Waals surface area contributed by atoms with Gasteiger partial charge in [-0.2, -0.15) is 13.2 Å². The number of nitrogens with one attached hydrogen (secondary N) is 1. The molecule has 110 valence electrons. The molecule has 0 saturated heterocycles. The van der Waals surface area contributed by atoms with Crippen molar-refractivity contribution < 1.29 is 23.1 Å². The van der Waals surface area contributed by atoms with Gasteiger partial charge < -0.3 is 10.4 Å². The second kappa shape index (κ2) is 5.61. The van der Waals surface area contributed by atoms with Crippen molar-refractivity contribution in [1.82, 2.24) is 4.98 Å². The van der Waals surface area contributed by atoms with Crippen molar-refractivity contribution in [1.29, 1.82) is 0 Å². The van der Waals surface area contributed by atoms with Crippen LogP contribution in [0.1, 0.15) is 16.1 Å². The summed E-state index contributed by atoms with van der Waals surface area (Å²) in [7, 11) is 0. The molecule has 4 nitrogen and oxygen atoms in total. The first-order chi connectivity index (χ1) is 9.77. The van der Waals surface area contributed by atoms with E-state index in [0.717, 1.165) is 18.2 Å². The van der Waals surface area contributed by atoms with Gasteiger partial charge in [0.1, 0.15) is 5.82 Å². The minimum Gasteiger partial charge on any atom is -0.477 e. The molecule has 0 unspecified atom stereocenters. The predicted molar refractivity (Wildman–Crippen MR) is 70.9 cm³/mol. The van der Waals surface area contributed by atoms with Crippen LogP contribution in [-0.4, -0.2) is 16.1 Å². The molecule has 0 radical (unpaired) electrons. The van der Waals surface area contributed by atoms with E-state index in [1.165, 1.54) is 18.2 Å². The van der Waals surface area contributed by atoms with Gasteiger partial charge in [-0.05, 0) is 30.3 Å². The lowest BCUT2D eigenvalue weighted by atomic mass is 10.2. The highest BCUT2D eigenvalue weighted by molar-refractivity contribution is 6.33. The number of rotatable bonds is 3. The third-order valence-corrected chi connectivity index (χ3v) is 2.84. The fourth-order valence-corrected chi connectivity index (χ4v) is 1.78. The number of halogens is 4. The van der Waals surface area contributed by atoms with E-state index in [1.54, 1.807) is 0 Å². The molecular formula is C13H8ClF3N2O2. The molecule has 0 spiro atoms. The summed E-state index contributed by atoms with van der Waals surface area (Å²) < 4.78 is 37.5. The fraction of sp³-hybridized carbons (Fsp3) is 0.0769. The van der Waals surface area contributed by atoms with Gasteiger partial charge in [-0.25, -0.2) is 9.78 Å². The Bertz CT molecular complexity index is 689. The van der Waals surface area contributed by atoms with Crippen molar-refractivity contribution in [2.45, 2.75) is 6.18 Å². The molecule has 8 heteroatoms. The number of hydrogen-bond donors (Lipinski definition) is 2. The van der Waals surface area contributed by atoms with E-state index >= 15 is 0 Å². The van der Waals surface area contributed by atoms with E-state index < -0.39 is 17.7 Å². The first-order valence-electron chi connectivity index (χ1n) is 5.61. The summed E-state index contributed by atoms with van der Waals surface area (Å²) in [6, 6.07) is 7.03. The first-order valence-corrected chi connectivity index (χ1v) is 5.99. The molecular weight excluding hydrogens is 309 g/mol. The summed E-state index contributed by atoms with van der Waals surface area (Å²) in [6.45, 7) is 0.